The van der Waals surface area contributed by atoms with Crippen molar-refractivity contribution in [3.8, 4) is 0 Å². The minimum absolute atomic E-state index is 0.217. The largest absolute Gasteiger partial charge is 0.416 e. The van der Waals surface area contributed by atoms with Crippen molar-refractivity contribution in [2.75, 3.05) is 0 Å². The molecule has 25 heavy (non-hydrogen) atoms. The molecule has 0 unspecified atom stereocenters. The molecule has 0 aliphatic heterocycles. The Morgan fingerprint density at radius 3 is 1.92 bits per heavy atom. The maximum Gasteiger partial charge on any atom is 0.416 e. The highest BCUT2D eigenvalue weighted by atomic mass is 28.3. The summed E-state index contributed by atoms with van der Waals surface area (Å²) in [6, 6.07) is 8.21. The first-order valence-electron chi connectivity index (χ1n) is 9.15. The quantitative estimate of drug-likeness (QED) is 0.372. The number of Topliss-reactive ketones (excluding diaryl/α,β-unsaturated/α-hetero) is 1. The molecule has 0 heterocycles. The van der Waals surface area contributed by atoms with E-state index < -0.39 is 25.2 Å². The van der Waals surface area contributed by atoms with Gasteiger partial charge in [0.05, 0.1) is 13.6 Å². The number of halogens is 3. The molecule has 0 aliphatic rings. The zero-order valence-electron chi connectivity index (χ0n) is 16.3. The van der Waals surface area contributed by atoms with E-state index >= 15 is 0 Å². The van der Waals surface area contributed by atoms with Gasteiger partial charge in [-0.1, -0.05) is 71.8 Å². The maximum absolute atomic E-state index is 13.1. The second-order valence-electron chi connectivity index (χ2n) is 8.01. The van der Waals surface area contributed by atoms with Crippen LogP contribution < -0.4 is 0 Å². The monoisotopic (exact) mass is 372 g/mol. The van der Waals surface area contributed by atoms with Crippen molar-refractivity contribution in [1.82, 2.24) is 0 Å². The highest BCUT2D eigenvalue weighted by Crippen LogP contribution is 2.34. The first-order valence-corrected chi connectivity index (χ1v) is 12.0. The van der Waals surface area contributed by atoms with Gasteiger partial charge in [0.2, 0.25) is 0 Å². The van der Waals surface area contributed by atoms with E-state index in [1.54, 1.807) is 20.8 Å². The third-order valence-corrected chi connectivity index (χ3v) is 11.3. The molecule has 142 valence electrons. The van der Waals surface area contributed by atoms with Gasteiger partial charge in [0.15, 0.2) is 5.78 Å². The van der Waals surface area contributed by atoms with Crippen LogP contribution in [0, 0.1) is 5.41 Å². The fraction of sp³-hybridized carbons (Fsp3) is 0.650. The summed E-state index contributed by atoms with van der Waals surface area (Å²) in [7, 11) is -1.39. The van der Waals surface area contributed by atoms with Crippen LogP contribution in [0.4, 0.5) is 13.2 Å². The lowest BCUT2D eigenvalue weighted by Crippen LogP contribution is -2.32. The number of ketones is 1. The Kier molecular flexibility index (Phi) is 7.08. The molecule has 5 heteroatoms. The third kappa shape index (κ3) is 5.43. The lowest BCUT2D eigenvalue weighted by molar-refractivity contribution is -0.137. The van der Waals surface area contributed by atoms with Crippen LogP contribution in [0.15, 0.2) is 18.2 Å². The van der Waals surface area contributed by atoms with Crippen molar-refractivity contribution in [1.29, 1.82) is 0 Å². The van der Waals surface area contributed by atoms with Gasteiger partial charge >= 0.3 is 6.18 Å². The Balaban J connectivity index is 3.28. The van der Waals surface area contributed by atoms with E-state index in [4.69, 9.17) is 0 Å². The summed E-state index contributed by atoms with van der Waals surface area (Å²) in [5.74, 6) is -0.217. The van der Waals surface area contributed by atoms with E-state index in [1.807, 2.05) is 0 Å². The average molecular weight is 373 g/mol. The smallest absolute Gasteiger partial charge is 0.294 e. The summed E-state index contributed by atoms with van der Waals surface area (Å²) >= 11 is 0. The molecule has 1 rings (SSSR count). The fourth-order valence-corrected chi connectivity index (χ4v) is 6.63. The summed E-state index contributed by atoms with van der Waals surface area (Å²) in [5.41, 5.74) is -0.434. The zero-order chi connectivity index (χ0) is 19.5. The maximum atomic E-state index is 13.1. The number of rotatable bonds is 7. The molecule has 0 N–H and O–H groups in total. The summed E-state index contributed by atoms with van der Waals surface area (Å²) in [5, 5.41) is 0. The second-order valence-corrected chi connectivity index (χ2v) is 13.6. The lowest BCUT2D eigenvalue weighted by atomic mass is 9.83. The van der Waals surface area contributed by atoms with E-state index in [-0.39, 0.29) is 11.3 Å². The van der Waals surface area contributed by atoms with Gasteiger partial charge < -0.3 is 0 Å². The van der Waals surface area contributed by atoms with Crippen molar-refractivity contribution in [2.45, 2.75) is 78.3 Å². The molecule has 1 nitrogen and oxygen atoms in total. The molecule has 0 saturated carbocycles. The summed E-state index contributed by atoms with van der Waals surface area (Å²) in [6.45, 7) is 11.9. The molecular formula is C20H31F3OSi. The second kappa shape index (κ2) is 8.06. The lowest BCUT2D eigenvalue weighted by Gasteiger charge is -2.29. The van der Waals surface area contributed by atoms with Gasteiger partial charge in [-0.3, -0.25) is 4.79 Å². The number of benzene rings is 1. The van der Waals surface area contributed by atoms with E-state index in [0.29, 0.717) is 6.42 Å². The van der Waals surface area contributed by atoms with E-state index in [9.17, 15) is 18.0 Å². The first kappa shape index (κ1) is 21.9. The standard InChI is InChI=1S/C20H31F3OSi/c1-7-25(8-2,9-3)13-12-15-10-11-16(20(21,22)23)14-17(15)18(24)19(4,5)6/h10-11,14H,7-9,12-13H2,1-6H3. The number of alkyl halides is 3. The Labute approximate surface area is 151 Å². The van der Waals surface area contributed by atoms with Crippen molar-refractivity contribution >= 4 is 13.9 Å². The van der Waals surface area contributed by atoms with E-state index in [0.717, 1.165) is 23.7 Å². The summed E-state index contributed by atoms with van der Waals surface area (Å²) in [6.07, 6.45) is -3.74. The van der Waals surface area contributed by atoms with Crippen LogP contribution in [-0.4, -0.2) is 13.9 Å². The highest BCUT2D eigenvalue weighted by molar-refractivity contribution is 6.79. The van der Waals surface area contributed by atoms with Gasteiger partial charge in [-0.2, -0.15) is 13.2 Å². The van der Waals surface area contributed by atoms with Crippen molar-refractivity contribution in [2.24, 2.45) is 5.41 Å². The van der Waals surface area contributed by atoms with Crippen LogP contribution in [0.3, 0.4) is 0 Å². The van der Waals surface area contributed by atoms with Gasteiger partial charge in [0.25, 0.3) is 0 Å². The van der Waals surface area contributed by atoms with Crippen LogP contribution >= 0.6 is 0 Å². The minimum Gasteiger partial charge on any atom is -0.294 e. The van der Waals surface area contributed by atoms with Gasteiger partial charge in [-0.25, -0.2) is 0 Å². The Hall–Kier alpha value is -1.10. The number of aryl methyl sites for hydroxylation is 1. The number of hydrogen-bond acceptors (Lipinski definition) is 1. The predicted molar refractivity (Wildman–Crippen MR) is 101 cm³/mol. The number of hydrogen-bond donors (Lipinski definition) is 0. The zero-order valence-corrected chi connectivity index (χ0v) is 17.3. The van der Waals surface area contributed by atoms with Gasteiger partial charge in [0, 0.05) is 11.0 Å². The number of carbonyl (C=O) groups excluding carboxylic acids is 1. The molecule has 0 atom stereocenters. The molecule has 0 fully saturated rings. The van der Waals surface area contributed by atoms with E-state index in [1.165, 1.54) is 24.2 Å². The van der Waals surface area contributed by atoms with Crippen molar-refractivity contribution in [3.05, 3.63) is 34.9 Å². The fourth-order valence-electron chi connectivity index (χ4n) is 3.27. The number of carbonyl (C=O) groups is 1. The van der Waals surface area contributed by atoms with Gasteiger partial charge in [0.1, 0.15) is 0 Å². The Morgan fingerprint density at radius 1 is 1.00 bits per heavy atom. The molecule has 0 aromatic heterocycles. The third-order valence-electron chi connectivity index (χ3n) is 5.54. The summed E-state index contributed by atoms with van der Waals surface area (Å²) in [4.78, 5) is 12.7. The predicted octanol–water partition coefficient (Wildman–Crippen LogP) is 6.99. The Morgan fingerprint density at radius 2 is 1.52 bits per heavy atom. The molecule has 0 bridgehead atoms. The molecule has 1 aromatic rings. The van der Waals surface area contributed by atoms with Crippen LogP contribution in [0.25, 0.3) is 0 Å². The first-order chi connectivity index (χ1) is 11.4. The Bertz CT molecular complexity index is 588. The molecule has 1 aromatic carbocycles. The highest BCUT2D eigenvalue weighted by Gasteiger charge is 2.34. The average Bonchev–Trinajstić information content (AvgIpc) is 2.54. The molecule has 0 spiro atoms. The van der Waals surface area contributed by atoms with Crippen molar-refractivity contribution in [3.63, 3.8) is 0 Å². The minimum atomic E-state index is -4.43. The molecule has 0 saturated heterocycles. The van der Waals surface area contributed by atoms with Crippen LogP contribution in [0.5, 0.6) is 0 Å². The van der Waals surface area contributed by atoms with Gasteiger partial charge in [-0.15, -0.1) is 0 Å². The van der Waals surface area contributed by atoms with Crippen molar-refractivity contribution < 1.29 is 18.0 Å². The molecule has 0 aliphatic carbocycles. The summed E-state index contributed by atoms with van der Waals surface area (Å²) < 4.78 is 39.3. The van der Waals surface area contributed by atoms with Gasteiger partial charge in [-0.05, 0) is 24.1 Å². The van der Waals surface area contributed by atoms with Crippen LogP contribution in [0.2, 0.25) is 24.2 Å². The SMILES string of the molecule is CC[Si](CC)(CC)CCc1ccc(C(F)(F)F)cc1C(=O)C(C)(C)C. The van der Waals surface area contributed by atoms with E-state index in [2.05, 4.69) is 20.8 Å². The normalized spacial score (nSPS) is 13.2. The molecular weight excluding hydrogens is 341 g/mol. The molecule has 0 amide bonds. The van der Waals surface area contributed by atoms with Crippen LogP contribution in [-0.2, 0) is 12.6 Å². The molecule has 0 radical (unpaired) electrons. The van der Waals surface area contributed by atoms with Crippen LogP contribution in [0.1, 0.15) is 63.0 Å². The topological polar surface area (TPSA) is 17.1 Å².